The van der Waals surface area contributed by atoms with Crippen molar-refractivity contribution < 1.29 is 13.9 Å². The molecule has 2 aromatic heterocycles. The van der Waals surface area contributed by atoms with E-state index in [1.807, 2.05) is 24.4 Å². The van der Waals surface area contributed by atoms with Crippen LogP contribution in [0.15, 0.2) is 41.3 Å². The van der Waals surface area contributed by atoms with Gasteiger partial charge in [-0.2, -0.15) is 5.10 Å². The van der Waals surface area contributed by atoms with Gasteiger partial charge in [-0.25, -0.2) is 0 Å². The number of hydrogen-bond acceptors (Lipinski definition) is 4. The van der Waals surface area contributed by atoms with E-state index in [-0.39, 0.29) is 5.91 Å². The first kappa shape index (κ1) is 14.3. The summed E-state index contributed by atoms with van der Waals surface area (Å²) in [5, 5.41) is 4.09. The minimum absolute atomic E-state index is 0.0638. The first-order valence-electron chi connectivity index (χ1n) is 6.56. The molecule has 0 aliphatic rings. The Labute approximate surface area is 117 Å². The van der Waals surface area contributed by atoms with E-state index in [4.69, 9.17) is 9.15 Å². The molecule has 0 fully saturated rings. The first-order valence-corrected chi connectivity index (χ1v) is 6.56. The lowest BCUT2D eigenvalue weighted by atomic mass is 10.3. The van der Waals surface area contributed by atoms with Gasteiger partial charge in [0, 0.05) is 39.0 Å². The summed E-state index contributed by atoms with van der Waals surface area (Å²) in [5.74, 6) is 0.836. The lowest BCUT2D eigenvalue weighted by Crippen LogP contribution is -2.33. The molecule has 0 saturated carbocycles. The second-order valence-electron chi connectivity index (χ2n) is 4.41. The third-order valence-corrected chi connectivity index (χ3v) is 2.96. The third-order valence-electron chi connectivity index (χ3n) is 2.96. The number of furan rings is 1. The van der Waals surface area contributed by atoms with Gasteiger partial charge in [-0.1, -0.05) is 0 Å². The maximum Gasteiger partial charge on any atom is 0.224 e. The van der Waals surface area contributed by atoms with E-state index in [0.717, 1.165) is 5.76 Å². The van der Waals surface area contributed by atoms with Crippen molar-refractivity contribution in [1.29, 1.82) is 0 Å². The van der Waals surface area contributed by atoms with E-state index in [2.05, 4.69) is 5.10 Å². The van der Waals surface area contributed by atoms with Crippen molar-refractivity contribution in [2.45, 2.75) is 19.5 Å². The molecule has 20 heavy (non-hydrogen) atoms. The highest BCUT2D eigenvalue weighted by molar-refractivity contribution is 5.76. The van der Waals surface area contributed by atoms with Gasteiger partial charge >= 0.3 is 0 Å². The van der Waals surface area contributed by atoms with Crippen molar-refractivity contribution >= 4 is 5.91 Å². The van der Waals surface area contributed by atoms with Gasteiger partial charge in [0.15, 0.2) is 0 Å². The molecule has 0 aliphatic heterocycles. The Kier molecular flexibility index (Phi) is 5.37. The molecule has 108 valence electrons. The normalized spacial score (nSPS) is 10.7. The van der Waals surface area contributed by atoms with Crippen LogP contribution in [-0.2, 0) is 22.6 Å². The average molecular weight is 277 g/mol. The van der Waals surface area contributed by atoms with Crippen LogP contribution in [-0.4, -0.2) is 40.8 Å². The topological polar surface area (TPSA) is 60.5 Å². The molecule has 6 nitrogen and oxygen atoms in total. The molecule has 0 N–H and O–H groups in total. The number of nitrogens with zero attached hydrogens (tertiary/aromatic N) is 3. The van der Waals surface area contributed by atoms with Gasteiger partial charge in [-0.15, -0.1) is 0 Å². The van der Waals surface area contributed by atoms with Crippen LogP contribution in [0.5, 0.6) is 0 Å². The summed E-state index contributed by atoms with van der Waals surface area (Å²) in [6.45, 7) is 2.10. The van der Waals surface area contributed by atoms with Crippen molar-refractivity contribution in [3.05, 3.63) is 42.6 Å². The van der Waals surface area contributed by atoms with E-state index < -0.39 is 0 Å². The standard InChI is InChI=1S/C14H19N3O3/c1-19-11-9-16(12-13-4-2-10-20-13)14(18)5-8-17-7-3-6-15-17/h2-4,6-7,10H,5,8-9,11-12H2,1H3. The van der Waals surface area contributed by atoms with Crippen molar-refractivity contribution in [2.75, 3.05) is 20.3 Å². The first-order chi connectivity index (χ1) is 9.79. The molecular formula is C14H19N3O3. The number of aromatic nitrogens is 2. The van der Waals surface area contributed by atoms with Crippen LogP contribution >= 0.6 is 0 Å². The van der Waals surface area contributed by atoms with Crippen LogP contribution < -0.4 is 0 Å². The van der Waals surface area contributed by atoms with Crippen LogP contribution in [0.4, 0.5) is 0 Å². The van der Waals surface area contributed by atoms with Gasteiger partial charge in [0.25, 0.3) is 0 Å². The van der Waals surface area contributed by atoms with Crippen molar-refractivity contribution in [3.63, 3.8) is 0 Å². The minimum Gasteiger partial charge on any atom is -0.467 e. The second-order valence-corrected chi connectivity index (χ2v) is 4.41. The zero-order valence-corrected chi connectivity index (χ0v) is 11.6. The Balaban J connectivity index is 1.89. The van der Waals surface area contributed by atoms with Gasteiger partial charge < -0.3 is 14.1 Å². The van der Waals surface area contributed by atoms with E-state index in [1.165, 1.54) is 0 Å². The summed E-state index contributed by atoms with van der Waals surface area (Å²) >= 11 is 0. The Hall–Kier alpha value is -2.08. The number of rotatable bonds is 8. The highest BCUT2D eigenvalue weighted by atomic mass is 16.5. The number of methoxy groups -OCH3 is 1. The Morgan fingerprint density at radius 1 is 1.50 bits per heavy atom. The second kappa shape index (κ2) is 7.49. The molecule has 2 heterocycles. The summed E-state index contributed by atoms with van der Waals surface area (Å²) < 4.78 is 12.1. The molecule has 1 amide bonds. The molecule has 2 aromatic rings. The molecule has 0 bridgehead atoms. The van der Waals surface area contributed by atoms with Gasteiger partial charge in [0.2, 0.25) is 5.91 Å². The number of carbonyl (C=O) groups excluding carboxylic acids is 1. The van der Waals surface area contributed by atoms with E-state index in [1.54, 1.807) is 29.2 Å². The van der Waals surface area contributed by atoms with Crippen molar-refractivity contribution in [3.8, 4) is 0 Å². The zero-order valence-electron chi connectivity index (χ0n) is 11.6. The summed E-state index contributed by atoms with van der Waals surface area (Å²) in [6, 6.07) is 5.52. The fourth-order valence-corrected chi connectivity index (χ4v) is 1.89. The Morgan fingerprint density at radius 2 is 2.40 bits per heavy atom. The summed E-state index contributed by atoms with van der Waals surface area (Å²) in [7, 11) is 1.62. The fourth-order valence-electron chi connectivity index (χ4n) is 1.89. The van der Waals surface area contributed by atoms with Crippen LogP contribution in [0.3, 0.4) is 0 Å². The zero-order chi connectivity index (χ0) is 14.2. The SMILES string of the molecule is COCCN(Cc1ccco1)C(=O)CCn1cccn1. The van der Waals surface area contributed by atoms with Crippen LogP contribution in [0.25, 0.3) is 0 Å². The maximum absolute atomic E-state index is 12.3. The fraction of sp³-hybridized carbons (Fsp3) is 0.429. The number of ether oxygens (including phenoxy) is 1. The predicted octanol–water partition coefficient (Wildman–Crippen LogP) is 1.54. The van der Waals surface area contributed by atoms with Crippen LogP contribution in [0.1, 0.15) is 12.2 Å². The number of amides is 1. The number of hydrogen-bond donors (Lipinski definition) is 0. The Bertz CT molecular complexity index is 494. The molecule has 0 saturated heterocycles. The summed E-state index contributed by atoms with van der Waals surface area (Å²) in [5.41, 5.74) is 0. The molecule has 6 heteroatoms. The molecule has 2 rings (SSSR count). The monoisotopic (exact) mass is 277 g/mol. The van der Waals surface area contributed by atoms with E-state index in [9.17, 15) is 4.79 Å². The van der Waals surface area contributed by atoms with Gasteiger partial charge in [-0.05, 0) is 18.2 Å². The number of carbonyl (C=O) groups is 1. The highest BCUT2D eigenvalue weighted by Gasteiger charge is 2.15. The number of aryl methyl sites for hydroxylation is 1. The molecule has 0 atom stereocenters. The third kappa shape index (κ3) is 4.24. The minimum atomic E-state index is 0.0638. The molecular weight excluding hydrogens is 258 g/mol. The quantitative estimate of drug-likeness (QED) is 0.734. The van der Waals surface area contributed by atoms with Crippen molar-refractivity contribution in [2.24, 2.45) is 0 Å². The smallest absolute Gasteiger partial charge is 0.224 e. The van der Waals surface area contributed by atoms with Crippen LogP contribution in [0.2, 0.25) is 0 Å². The largest absolute Gasteiger partial charge is 0.467 e. The average Bonchev–Trinajstić information content (AvgIpc) is 3.13. The highest BCUT2D eigenvalue weighted by Crippen LogP contribution is 2.07. The van der Waals surface area contributed by atoms with Gasteiger partial charge in [-0.3, -0.25) is 9.48 Å². The maximum atomic E-state index is 12.3. The Morgan fingerprint density at radius 3 is 3.05 bits per heavy atom. The van der Waals surface area contributed by atoms with Crippen LogP contribution in [0, 0.1) is 0 Å². The molecule has 0 radical (unpaired) electrons. The molecule has 0 unspecified atom stereocenters. The van der Waals surface area contributed by atoms with E-state index >= 15 is 0 Å². The van der Waals surface area contributed by atoms with E-state index in [0.29, 0.717) is 32.7 Å². The summed E-state index contributed by atoms with van der Waals surface area (Å²) in [4.78, 5) is 14.0. The summed E-state index contributed by atoms with van der Waals surface area (Å²) in [6.07, 6.45) is 5.57. The molecule has 0 spiro atoms. The lowest BCUT2D eigenvalue weighted by molar-refractivity contribution is -0.133. The molecule has 0 aromatic carbocycles. The van der Waals surface area contributed by atoms with Gasteiger partial charge in [0.1, 0.15) is 5.76 Å². The lowest BCUT2D eigenvalue weighted by Gasteiger charge is -2.21. The van der Waals surface area contributed by atoms with Gasteiger partial charge in [0.05, 0.1) is 19.4 Å². The predicted molar refractivity (Wildman–Crippen MR) is 72.8 cm³/mol. The van der Waals surface area contributed by atoms with Crippen molar-refractivity contribution in [1.82, 2.24) is 14.7 Å². The molecule has 0 aliphatic carbocycles.